The van der Waals surface area contributed by atoms with Gasteiger partial charge >= 0.3 is 11.6 Å². The summed E-state index contributed by atoms with van der Waals surface area (Å²) in [7, 11) is 0. The number of benzene rings is 2. The predicted molar refractivity (Wildman–Crippen MR) is 79.6 cm³/mol. The van der Waals surface area contributed by atoms with Crippen molar-refractivity contribution in [3.05, 3.63) is 70.3 Å². The fraction of sp³-hybridized carbons (Fsp3) is 0.0588. The Kier molecular flexibility index (Phi) is 3.06. The van der Waals surface area contributed by atoms with E-state index in [1.54, 1.807) is 24.3 Å². The quantitative estimate of drug-likeness (QED) is 0.780. The smallest absolute Gasteiger partial charge is 0.372 e. The summed E-state index contributed by atoms with van der Waals surface area (Å²) in [5.74, 6) is -1.59. The molecule has 3 aromatic rings. The van der Waals surface area contributed by atoms with Crippen LogP contribution in [0.5, 0.6) is 0 Å². The van der Waals surface area contributed by atoms with Gasteiger partial charge in [0.25, 0.3) is 0 Å². The highest BCUT2D eigenvalue weighted by Gasteiger charge is 2.20. The molecule has 2 aromatic carbocycles. The molecular formula is C17H12O4. The molecule has 1 N–H and O–H groups in total. The molecule has 0 aliphatic heterocycles. The van der Waals surface area contributed by atoms with Crippen molar-refractivity contribution in [1.82, 2.24) is 0 Å². The molecule has 0 atom stereocenters. The van der Waals surface area contributed by atoms with Gasteiger partial charge in [-0.05, 0) is 18.6 Å². The van der Waals surface area contributed by atoms with E-state index < -0.39 is 11.6 Å². The maximum absolute atomic E-state index is 11.9. The summed E-state index contributed by atoms with van der Waals surface area (Å²) < 4.78 is 5.01. The Balaban J connectivity index is 2.46. The number of hydrogen-bond donors (Lipinski definition) is 1. The van der Waals surface area contributed by atoms with Crippen LogP contribution in [0, 0.1) is 6.92 Å². The highest BCUT2D eigenvalue weighted by Crippen LogP contribution is 2.30. The van der Waals surface area contributed by atoms with Crippen molar-refractivity contribution < 1.29 is 14.3 Å². The number of hydrogen-bond acceptors (Lipinski definition) is 3. The topological polar surface area (TPSA) is 67.5 Å². The van der Waals surface area contributed by atoms with Gasteiger partial charge in [-0.2, -0.15) is 0 Å². The van der Waals surface area contributed by atoms with Gasteiger partial charge in [0.15, 0.2) is 0 Å². The summed E-state index contributed by atoms with van der Waals surface area (Å²) in [6, 6.07) is 14.3. The van der Waals surface area contributed by atoms with Crippen LogP contribution in [0.2, 0.25) is 0 Å². The van der Waals surface area contributed by atoms with Crippen LogP contribution in [0.25, 0.3) is 21.9 Å². The summed E-state index contributed by atoms with van der Waals surface area (Å²) in [5.41, 5.74) is 1.56. The molecule has 0 bridgehead atoms. The Morgan fingerprint density at radius 2 is 1.62 bits per heavy atom. The Morgan fingerprint density at radius 3 is 2.24 bits per heavy atom. The molecule has 4 nitrogen and oxygen atoms in total. The standard InChI is InChI=1S/C17H12O4/c1-10-6-8-11(9-7-10)14-12-4-2-3-5-13(12)17(20)21-15(14)16(18)19/h2-9H,1H3,(H,18,19). The monoisotopic (exact) mass is 280 g/mol. The maximum Gasteiger partial charge on any atom is 0.372 e. The van der Waals surface area contributed by atoms with Crippen molar-refractivity contribution in [2.75, 3.05) is 0 Å². The number of carboxylic acids is 1. The number of fused-ring (bicyclic) bond motifs is 1. The van der Waals surface area contributed by atoms with Crippen molar-refractivity contribution in [3.63, 3.8) is 0 Å². The van der Waals surface area contributed by atoms with Crippen molar-refractivity contribution >= 4 is 16.7 Å². The summed E-state index contributed by atoms with van der Waals surface area (Å²) in [5, 5.41) is 10.3. The van der Waals surface area contributed by atoms with E-state index in [0.717, 1.165) is 5.56 Å². The molecule has 3 rings (SSSR count). The van der Waals surface area contributed by atoms with Crippen molar-refractivity contribution in [3.8, 4) is 11.1 Å². The number of carbonyl (C=O) groups is 1. The lowest BCUT2D eigenvalue weighted by atomic mass is 9.97. The highest BCUT2D eigenvalue weighted by atomic mass is 16.4. The third-order valence-electron chi connectivity index (χ3n) is 3.37. The first-order valence-corrected chi connectivity index (χ1v) is 6.44. The van der Waals surface area contributed by atoms with Gasteiger partial charge in [0.05, 0.1) is 5.39 Å². The molecule has 0 amide bonds. The van der Waals surface area contributed by atoms with Gasteiger partial charge in [0.1, 0.15) is 0 Å². The Labute approximate surface area is 120 Å². The molecule has 1 aromatic heterocycles. The van der Waals surface area contributed by atoms with Crippen LogP contribution in [-0.4, -0.2) is 11.1 Å². The first-order valence-electron chi connectivity index (χ1n) is 6.44. The van der Waals surface area contributed by atoms with Crippen LogP contribution >= 0.6 is 0 Å². The average molecular weight is 280 g/mol. The van der Waals surface area contributed by atoms with Gasteiger partial charge in [0.2, 0.25) is 5.76 Å². The third kappa shape index (κ3) is 2.21. The first kappa shape index (κ1) is 13.1. The molecule has 21 heavy (non-hydrogen) atoms. The van der Waals surface area contributed by atoms with Crippen LogP contribution < -0.4 is 5.63 Å². The normalized spacial score (nSPS) is 10.7. The molecular weight excluding hydrogens is 268 g/mol. The predicted octanol–water partition coefficient (Wildman–Crippen LogP) is 3.47. The van der Waals surface area contributed by atoms with Crippen LogP contribution in [0.4, 0.5) is 0 Å². The lowest BCUT2D eigenvalue weighted by Crippen LogP contribution is -2.09. The van der Waals surface area contributed by atoms with E-state index in [-0.39, 0.29) is 5.76 Å². The summed E-state index contributed by atoms with van der Waals surface area (Å²) >= 11 is 0. The van der Waals surface area contributed by atoms with Crippen molar-refractivity contribution in [2.24, 2.45) is 0 Å². The van der Waals surface area contributed by atoms with E-state index in [0.29, 0.717) is 21.9 Å². The van der Waals surface area contributed by atoms with Crippen molar-refractivity contribution in [1.29, 1.82) is 0 Å². The van der Waals surface area contributed by atoms with E-state index in [9.17, 15) is 14.7 Å². The van der Waals surface area contributed by atoms with Gasteiger partial charge < -0.3 is 9.52 Å². The zero-order chi connectivity index (χ0) is 15.0. The highest BCUT2D eigenvalue weighted by molar-refractivity contribution is 6.04. The average Bonchev–Trinajstić information content (AvgIpc) is 2.48. The zero-order valence-corrected chi connectivity index (χ0v) is 11.3. The molecule has 0 fully saturated rings. The van der Waals surface area contributed by atoms with Gasteiger partial charge in [-0.25, -0.2) is 9.59 Å². The molecule has 0 unspecified atom stereocenters. The Morgan fingerprint density at radius 1 is 1.00 bits per heavy atom. The minimum atomic E-state index is -1.26. The molecule has 0 aliphatic carbocycles. The summed E-state index contributed by atoms with van der Waals surface area (Å²) in [6.07, 6.45) is 0. The van der Waals surface area contributed by atoms with Gasteiger partial charge in [-0.1, -0.05) is 48.0 Å². The number of carboxylic acid groups (broad SMARTS) is 1. The molecule has 0 aliphatic rings. The summed E-state index contributed by atoms with van der Waals surface area (Å²) in [6.45, 7) is 1.95. The Hall–Kier alpha value is -2.88. The lowest BCUT2D eigenvalue weighted by Gasteiger charge is -2.09. The number of aromatic carboxylic acids is 1. The molecule has 1 heterocycles. The molecule has 104 valence electrons. The van der Waals surface area contributed by atoms with Crippen LogP contribution in [0.1, 0.15) is 16.1 Å². The van der Waals surface area contributed by atoms with Gasteiger partial charge in [-0.3, -0.25) is 0 Å². The molecule has 0 saturated carbocycles. The van der Waals surface area contributed by atoms with E-state index in [2.05, 4.69) is 0 Å². The second-order valence-corrected chi connectivity index (χ2v) is 4.81. The third-order valence-corrected chi connectivity index (χ3v) is 3.37. The zero-order valence-electron chi connectivity index (χ0n) is 11.3. The minimum Gasteiger partial charge on any atom is -0.475 e. The number of aryl methyl sites for hydroxylation is 1. The van der Waals surface area contributed by atoms with Crippen LogP contribution in [0.15, 0.2) is 57.7 Å². The summed E-state index contributed by atoms with van der Waals surface area (Å²) in [4.78, 5) is 23.3. The van der Waals surface area contributed by atoms with Crippen molar-refractivity contribution in [2.45, 2.75) is 6.92 Å². The van der Waals surface area contributed by atoms with E-state index in [4.69, 9.17) is 4.42 Å². The maximum atomic E-state index is 11.9. The largest absolute Gasteiger partial charge is 0.475 e. The first-order chi connectivity index (χ1) is 10.1. The fourth-order valence-corrected chi connectivity index (χ4v) is 2.36. The number of rotatable bonds is 2. The fourth-order valence-electron chi connectivity index (χ4n) is 2.36. The molecule has 0 radical (unpaired) electrons. The van der Waals surface area contributed by atoms with E-state index in [1.807, 2.05) is 31.2 Å². The van der Waals surface area contributed by atoms with E-state index >= 15 is 0 Å². The molecule has 0 spiro atoms. The SMILES string of the molecule is Cc1ccc(-c2c(C(=O)O)oc(=O)c3ccccc23)cc1. The van der Waals surface area contributed by atoms with Crippen LogP contribution in [-0.2, 0) is 0 Å². The lowest BCUT2D eigenvalue weighted by molar-refractivity contribution is 0.0659. The van der Waals surface area contributed by atoms with Crippen LogP contribution in [0.3, 0.4) is 0 Å². The second-order valence-electron chi connectivity index (χ2n) is 4.81. The Bertz CT molecular complexity index is 889. The molecule has 0 saturated heterocycles. The second kappa shape index (κ2) is 4.90. The molecule has 4 heteroatoms. The minimum absolute atomic E-state index is 0.331. The van der Waals surface area contributed by atoms with E-state index in [1.165, 1.54) is 0 Å². The van der Waals surface area contributed by atoms with Gasteiger partial charge in [0, 0.05) is 10.9 Å². The van der Waals surface area contributed by atoms with Gasteiger partial charge in [-0.15, -0.1) is 0 Å².